The molecule has 2 rings (SSSR count). The summed E-state index contributed by atoms with van der Waals surface area (Å²) in [7, 11) is 1.61. The molecule has 0 fully saturated rings. The highest BCUT2D eigenvalue weighted by molar-refractivity contribution is 9.10. The van der Waals surface area contributed by atoms with Gasteiger partial charge in [-0.2, -0.15) is 0 Å². The summed E-state index contributed by atoms with van der Waals surface area (Å²) in [6.07, 6.45) is 1.63. The Morgan fingerprint density at radius 2 is 2.11 bits per heavy atom. The Bertz CT molecular complexity index is 623. The number of anilines is 1. The number of nitrogens with two attached hydrogens (primary N) is 1. The van der Waals surface area contributed by atoms with Crippen LogP contribution < -0.4 is 16.0 Å². The molecule has 0 unspecified atom stereocenters. The zero-order valence-corrected chi connectivity index (χ0v) is 11.5. The number of nitrogens with zero attached hydrogens (tertiary/aromatic N) is 1. The van der Waals surface area contributed by atoms with E-state index >= 15 is 0 Å². The topological polar surface area (TPSA) is 57.2 Å². The third-order valence-corrected chi connectivity index (χ3v) is 3.37. The van der Waals surface area contributed by atoms with E-state index in [1.54, 1.807) is 23.9 Å². The van der Waals surface area contributed by atoms with Crippen molar-refractivity contribution in [1.82, 2.24) is 4.57 Å². The molecule has 0 aliphatic rings. The van der Waals surface area contributed by atoms with Gasteiger partial charge >= 0.3 is 0 Å². The van der Waals surface area contributed by atoms with Crippen LogP contribution in [0.25, 0.3) is 0 Å². The molecule has 1 heterocycles. The van der Waals surface area contributed by atoms with Crippen molar-refractivity contribution in [3.05, 3.63) is 56.9 Å². The molecule has 0 aliphatic heterocycles. The second kappa shape index (κ2) is 5.27. The van der Waals surface area contributed by atoms with E-state index < -0.39 is 0 Å². The monoisotopic (exact) mass is 308 g/mol. The molecule has 5 heteroatoms. The van der Waals surface area contributed by atoms with Gasteiger partial charge in [-0.25, -0.2) is 0 Å². The van der Waals surface area contributed by atoms with Gasteiger partial charge in [0, 0.05) is 22.4 Å². The van der Waals surface area contributed by atoms with Crippen molar-refractivity contribution >= 4 is 21.6 Å². The summed E-state index contributed by atoms with van der Waals surface area (Å²) >= 11 is 3.46. The molecule has 0 amide bonds. The fourth-order valence-corrected chi connectivity index (χ4v) is 2.03. The van der Waals surface area contributed by atoms with E-state index in [2.05, 4.69) is 15.9 Å². The molecule has 2 N–H and O–H groups in total. The molecule has 1 aromatic carbocycles. The fraction of sp³-hybridized carbons (Fsp3) is 0.154. The summed E-state index contributed by atoms with van der Waals surface area (Å²) in [5.74, 6) is 0.755. The Balaban J connectivity index is 2.39. The number of ether oxygens (including phenoxy) is 1. The standard InChI is InChI=1S/C13H13BrN2O2/c1-18-11-3-4-12(14)9(6-11)7-16-8-10(15)2-5-13(16)17/h2-6,8H,7,15H2,1H3. The Hall–Kier alpha value is -1.75. The first-order valence-corrected chi connectivity index (χ1v) is 6.18. The summed E-state index contributed by atoms with van der Waals surface area (Å²) in [5, 5.41) is 0. The molecule has 1 aromatic heterocycles. The molecule has 2 aromatic rings. The van der Waals surface area contributed by atoms with Crippen LogP contribution in [0, 0.1) is 0 Å². The number of benzene rings is 1. The molecule has 0 spiro atoms. The van der Waals surface area contributed by atoms with Crippen LogP contribution in [0.3, 0.4) is 0 Å². The highest BCUT2D eigenvalue weighted by Gasteiger charge is 2.04. The molecule has 0 aliphatic carbocycles. The smallest absolute Gasteiger partial charge is 0.250 e. The molecule has 4 nitrogen and oxygen atoms in total. The minimum atomic E-state index is -0.0843. The van der Waals surface area contributed by atoms with Gasteiger partial charge in [-0.1, -0.05) is 15.9 Å². The highest BCUT2D eigenvalue weighted by atomic mass is 79.9. The van der Waals surface area contributed by atoms with Gasteiger partial charge in [-0.15, -0.1) is 0 Å². The molecule has 18 heavy (non-hydrogen) atoms. The molecule has 0 bridgehead atoms. The van der Waals surface area contributed by atoms with E-state index in [9.17, 15) is 4.79 Å². The summed E-state index contributed by atoms with van der Waals surface area (Å²) in [6.45, 7) is 0.446. The van der Waals surface area contributed by atoms with Crippen LogP contribution >= 0.6 is 15.9 Å². The zero-order chi connectivity index (χ0) is 13.1. The SMILES string of the molecule is COc1ccc(Br)c(Cn2cc(N)ccc2=O)c1. The lowest BCUT2D eigenvalue weighted by atomic mass is 10.2. The van der Waals surface area contributed by atoms with E-state index in [1.807, 2.05) is 18.2 Å². The lowest BCUT2D eigenvalue weighted by Crippen LogP contribution is -2.19. The first-order chi connectivity index (χ1) is 8.60. The maximum absolute atomic E-state index is 11.7. The Morgan fingerprint density at radius 1 is 1.33 bits per heavy atom. The molecule has 94 valence electrons. The number of halogens is 1. The molecule has 0 saturated heterocycles. The summed E-state index contributed by atoms with van der Waals surface area (Å²) < 4.78 is 7.66. The molecular formula is C13H13BrN2O2. The predicted octanol–water partition coefficient (Wildman–Crippen LogP) is 2.25. The number of hydrogen-bond donors (Lipinski definition) is 1. The second-order valence-corrected chi connectivity index (χ2v) is 4.74. The first-order valence-electron chi connectivity index (χ1n) is 5.38. The van der Waals surface area contributed by atoms with Gasteiger partial charge in [0.15, 0.2) is 0 Å². The maximum Gasteiger partial charge on any atom is 0.250 e. The van der Waals surface area contributed by atoms with Gasteiger partial charge in [0.1, 0.15) is 5.75 Å². The minimum absolute atomic E-state index is 0.0843. The number of hydrogen-bond acceptors (Lipinski definition) is 3. The lowest BCUT2D eigenvalue weighted by Gasteiger charge is -2.10. The van der Waals surface area contributed by atoms with Crippen molar-refractivity contribution in [1.29, 1.82) is 0 Å². The summed E-state index contributed by atoms with van der Waals surface area (Å²) in [6, 6.07) is 8.70. The van der Waals surface area contributed by atoms with Crippen LogP contribution in [0.4, 0.5) is 5.69 Å². The Labute approximate surface area is 113 Å². The summed E-state index contributed by atoms with van der Waals surface area (Å²) in [4.78, 5) is 11.7. The minimum Gasteiger partial charge on any atom is -0.497 e. The van der Waals surface area contributed by atoms with Crippen molar-refractivity contribution in [3.8, 4) is 5.75 Å². The number of pyridine rings is 1. The average molecular weight is 309 g/mol. The molecule has 0 atom stereocenters. The average Bonchev–Trinajstić information content (AvgIpc) is 2.36. The maximum atomic E-state index is 11.7. The largest absolute Gasteiger partial charge is 0.497 e. The van der Waals surface area contributed by atoms with Crippen molar-refractivity contribution in [2.24, 2.45) is 0 Å². The molecule has 0 saturated carbocycles. The van der Waals surface area contributed by atoms with E-state index in [4.69, 9.17) is 10.5 Å². The van der Waals surface area contributed by atoms with Gasteiger partial charge in [0.2, 0.25) is 0 Å². The normalized spacial score (nSPS) is 10.3. The third kappa shape index (κ3) is 2.73. The number of nitrogen functional groups attached to an aromatic ring is 1. The van der Waals surface area contributed by atoms with E-state index in [-0.39, 0.29) is 5.56 Å². The van der Waals surface area contributed by atoms with Gasteiger partial charge in [-0.3, -0.25) is 4.79 Å². The van der Waals surface area contributed by atoms with Crippen molar-refractivity contribution in [3.63, 3.8) is 0 Å². The van der Waals surface area contributed by atoms with E-state index in [0.717, 1.165) is 15.8 Å². The third-order valence-electron chi connectivity index (χ3n) is 2.60. The van der Waals surface area contributed by atoms with Crippen LogP contribution in [-0.2, 0) is 6.54 Å². The van der Waals surface area contributed by atoms with E-state index in [1.165, 1.54) is 6.07 Å². The van der Waals surface area contributed by atoms with Crippen LogP contribution in [-0.4, -0.2) is 11.7 Å². The van der Waals surface area contributed by atoms with Crippen molar-refractivity contribution < 1.29 is 4.74 Å². The van der Waals surface area contributed by atoms with Crippen LogP contribution in [0.5, 0.6) is 5.75 Å². The van der Waals surface area contributed by atoms with Crippen LogP contribution in [0.2, 0.25) is 0 Å². The molecule has 0 radical (unpaired) electrons. The highest BCUT2D eigenvalue weighted by Crippen LogP contribution is 2.23. The van der Waals surface area contributed by atoms with Crippen LogP contribution in [0.15, 0.2) is 45.8 Å². The Morgan fingerprint density at radius 3 is 2.83 bits per heavy atom. The van der Waals surface area contributed by atoms with Crippen molar-refractivity contribution in [2.75, 3.05) is 12.8 Å². The van der Waals surface area contributed by atoms with Gasteiger partial charge < -0.3 is 15.0 Å². The zero-order valence-electron chi connectivity index (χ0n) is 9.89. The van der Waals surface area contributed by atoms with Crippen molar-refractivity contribution in [2.45, 2.75) is 6.54 Å². The first kappa shape index (κ1) is 12.7. The van der Waals surface area contributed by atoms with Gasteiger partial charge in [0.05, 0.1) is 13.7 Å². The number of rotatable bonds is 3. The van der Waals surface area contributed by atoms with Gasteiger partial charge in [0.25, 0.3) is 5.56 Å². The quantitative estimate of drug-likeness (QED) is 0.946. The molecular weight excluding hydrogens is 296 g/mol. The second-order valence-electron chi connectivity index (χ2n) is 3.89. The fourth-order valence-electron chi connectivity index (χ4n) is 1.66. The summed E-state index contributed by atoms with van der Waals surface area (Å²) in [5.41, 5.74) is 7.12. The number of aromatic nitrogens is 1. The van der Waals surface area contributed by atoms with E-state index in [0.29, 0.717) is 12.2 Å². The predicted molar refractivity (Wildman–Crippen MR) is 74.9 cm³/mol. The number of methoxy groups -OCH3 is 1. The Kier molecular flexibility index (Phi) is 3.72. The lowest BCUT2D eigenvalue weighted by molar-refractivity contribution is 0.414. The van der Waals surface area contributed by atoms with Gasteiger partial charge in [-0.05, 0) is 29.8 Å². The van der Waals surface area contributed by atoms with Crippen LogP contribution in [0.1, 0.15) is 5.56 Å².